The van der Waals surface area contributed by atoms with E-state index in [1.807, 2.05) is 0 Å². The highest BCUT2D eigenvalue weighted by Gasteiger charge is 2.36. The van der Waals surface area contributed by atoms with E-state index in [4.69, 9.17) is 5.73 Å². The van der Waals surface area contributed by atoms with E-state index in [1.54, 1.807) is 0 Å². The van der Waals surface area contributed by atoms with E-state index in [9.17, 15) is 24.6 Å². The summed E-state index contributed by atoms with van der Waals surface area (Å²) in [6, 6.07) is -2.29. The highest BCUT2D eigenvalue weighted by atomic mass is 16.3. The van der Waals surface area contributed by atoms with Crippen molar-refractivity contribution in [3.8, 4) is 0 Å². The molecule has 0 bridgehead atoms. The van der Waals surface area contributed by atoms with E-state index in [0.717, 1.165) is 43.4 Å². The van der Waals surface area contributed by atoms with Crippen molar-refractivity contribution in [2.75, 3.05) is 19.8 Å². The molecule has 0 aromatic rings. The first-order valence-corrected chi connectivity index (χ1v) is 19.3. The molecule has 0 aliphatic rings. The van der Waals surface area contributed by atoms with Crippen LogP contribution in [0.25, 0.3) is 0 Å². The van der Waals surface area contributed by atoms with E-state index in [2.05, 4.69) is 13.8 Å². The SMILES string of the molecule is CCCCCCCCCCCCCCCC(=O)C(CO)N(C(=O)CN)C(CO)C(=O)CCCCCCCCCCCCCCC. The van der Waals surface area contributed by atoms with Gasteiger partial charge in [0.25, 0.3) is 0 Å². The maximum Gasteiger partial charge on any atom is 0.237 e. The zero-order valence-corrected chi connectivity index (χ0v) is 29.7. The molecule has 0 saturated heterocycles. The fraction of sp³-hybridized carbons (Fsp3) is 0.921. The van der Waals surface area contributed by atoms with Crippen molar-refractivity contribution >= 4 is 17.5 Å². The van der Waals surface area contributed by atoms with Crippen molar-refractivity contribution in [1.29, 1.82) is 0 Å². The number of aliphatic hydroxyl groups excluding tert-OH is 2. The molecule has 0 fully saturated rings. The van der Waals surface area contributed by atoms with Crippen LogP contribution in [0.4, 0.5) is 0 Å². The summed E-state index contributed by atoms with van der Waals surface area (Å²) in [7, 11) is 0. The molecular weight excluding hydrogens is 564 g/mol. The van der Waals surface area contributed by atoms with Crippen molar-refractivity contribution in [3.63, 3.8) is 0 Å². The van der Waals surface area contributed by atoms with Gasteiger partial charge in [0.1, 0.15) is 12.1 Å². The molecule has 0 aliphatic carbocycles. The molecule has 4 N–H and O–H groups in total. The second kappa shape index (κ2) is 32.6. The van der Waals surface area contributed by atoms with Gasteiger partial charge in [-0.3, -0.25) is 14.4 Å². The van der Waals surface area contributed by atoms with Crippen LogP contribution in [0.3, 0.4) is 0 Å². The van der Waals surface area contributed by atoms with Gasteiger partial charge in [0, 0.05) is 12.8 Å². The summed E-state index contributed by atoms with van der Waals surface area (Å²) in [5.74, 6) is -1.13. The normalized spacial score (nSPS) is 12.7. The van der Waals surface area contributed by atoms with Crippen LogP contribution in [0.2, 0.25) is 0 Å². The largest absolute Gasteiger partial charge is 0.394 e. The van der Waals surface area contributed by atoms with Crippen molar-refractivity contribution in [3.05, 3.63) is 0 Å². The lowest BCUT2D eigenvalue weighted by molar-refractivity contribution is -0.148. The molecule has 2 unspecified atom stereocenters. The second-order valence-corrected chi connectivity index (χ2v) is 13.3. The minimum atomic E-state index is -1.15. The number of carbonyl (C=O) groups excluding carboxylic acids is 3. The van der Waals surface area contributed by atoms with Gasteiger partial charge in [-0.2, -0.15) is 0 Å². The summed E-state index contributed by atoms with van der Waals surface area (Å²) in [5, 5.41) is 20.2. The molecule has 0 aromatic heterocycles. The van der Waals surface area contributed by atoms with Crippen LogP contribution in [0.15, 0.2) is 0 Å². The number of hydrogen-bond donors (Lipinski definition) is 3. The number of nitrogens with zero attached hydrogens (tertiary/aromatic N) is 1. The first-order chi connectivity index (χ1) is 22.0. The van der Waals surface area contributed by atoms with Crippen LogP contribution in [0.5, 0.6) is 0 Å². The third-order valence-electron chi connectivity index (χ3n) is 9.28. The molecule has 0 aliphatic heterocycles. The van der Waals surface area contributed by atoms with Crippen LogP contribution in [-0.2, 0) is 14.4 Å². The maximum absolute atomic E-state index is 13.1. The van der Waals surface area contributed by atoms with Gasteiger partial charge in [0.2, 0.25) is 5.91 Å². The summed E-state index contributed by atoms with van der Waals surface area (Å²) < 4.78 is 0. The Labute approximate surface area is 277 Å². The number of carbonyl (C=O) groups is 3. The first kappa shape index (κ1) is 43.7. The summed E-state index contributed by atoms with van der Waals surface area (Å²) in [6.07, 6.45) is 31.8. The Hall–Kier alpha value is -1.31. The fourth-order valence-corrected chi connectivity index (χ4v) is 6.33. The number of unbranched alkanes of at least 4 members (excludes halogenated alkanes) is 24. The van der Waals surface area contributed by atoms with E-state index in [0.29, 0.717) is 12.8 Å². The van der Waals surface area contributed by atoms with Gasteiger partial charge in [0.05, 0.1) is 19.8 Å². The van der Waals surface area contributed by atoms with Gasteiger partial charge in [-0.1, -0.05) is 168 Å². The van der Waals surface area contributed by atoms with Crippen molar-refractivity contribution in [2.45, 2.75) is 206 Å². The van der Waals surface area contributed by atoms with Crippen LogP contribution in [0.1, 0.15) is 194 Å². The molecule has 0 rings (SSSR count). The quantitative estimate of drug-likeness (QED) is 0.0598. The number of ketones is 2. The molecule has 7 heteroatoms. The van der Waals surface area contributed by atoms with Crippen LogP contribution in [0, 0.1) is 0 Å². The molecule has 0 spiro atoms. The van der Waals surface area contributed by atoms with E-state index >= 15 is 0 Å². The molecule has 45 heavy (non-hydrogen) atoms. The molecule has 0 saturated carbocycles. The van der Waals surface area contributed by atoms with Crippen LogP contribution in [-0.4, -0.2) is 64.4 Å². The standard InChI is InChI=1S/C38H74N2O5/c1-3-5-7-9-11-13-15-17-19-21-23-25-27-29-36(43)34(32-41)40(38(45)31-39)35(33-42)37(44)30-28-26-24-22-20-18-16-14-12-10-8-6-4-2/h34-35,41-42H,3-33,39H2,1-2H3. The predicted octanol–water partition coefficient (Wildman–Crippen LogP) is 8.60. The number of amides is 1. The molecule has 266 valence electrons. The van der Waals surface area contributed by atoms with Gasteiger partial charge in [-0.05, 0) is 12.8 Å². The zero-order valence-electron chi connectivity index (χ0n) is 29.7. The van der Waals surface area contributed by atoms with Gasteiger partial charge in [-0.15, -0.1) is 0 Å². The van der Waals surface area contributed by atoms with Gasteiger partial charge < -0.3 is 20.8 Å². The molecule has 0 aromatic carbocycles. The number of hydrogen-bond acceptors (Lipinski definition) is 6. The molecule has 1 amide bonds. The minimum Gasteiger partial charge on any atom is -0.394 e. The fourth-order valence-electron chi connectivity index (χ4n) is 6.33. The second-order valence-electron chi connectivity index (χ2n) is 13.3. The Morgan fingerprint density at radius 2 is 0.711 bits per heavy atom. The Morgan fingerprint density at radius 1 is 0.467 bits per heavy atom. The molecule has 2 atom stereocenters. The number of rotatable bonds is 35. The minimum absolute atomic E-state index is 0.239. The molecular formula is C38H74N2O5. The summed E-state index contributed by atoms with van der Waals surface area (Å²) >= 11 is 0. The maximum atomic E-state index is 13.1. The Morgan fingerprint density at radius 3 is 0.933 bits per heavy atom. The first-order valence-electron chi connectivity index (χ1n) is 19.3. The number of nitrogens with two attached hydrogens (primary N) is 1. The highest BCUT2D eigenvalue weighted by Crippen LogP contribution is 2.18. The average Bonchev–Trinajstić information content (AvgIpc) is 3.04. The van der Waals surface area contributed by atoms with Gasteiger partial charge in [0.15, 0.2) is 11.6 Å². The lowest BCUT2D eigenvalue weighted by Crippen LogP contribution is -2.58. The summed E-state index contributed by atoms with van der Waals surface area (Å²) in [6.45, 7) is 2.95. The highest BCUT2D eigenvalue weighted by molar-refractivity contribution is 5.94. The smallest absolute Gasteiger partial charge is 0.237 e. The summed E-state index contributed by atoms with van der Waals surface area (Å²) in [4.78, 5) is 40.0. The van der Waals surface area contributed by atoms with E-state index in [-0.39, 0.29) is 31.0 Å². The topological polar surface area (TPSA) is 121 Å². The van der Waals surface area contributed by atoms with Crippen molar-refractivity contribution in [2.24, 2.45) is 5.73 Å². The summed E-state index contributed by atoms with van der Waals surface area (Å²) in [5.41, 5.74) is 5.63. The Balaban J connectivity index is 4.37. The van der Waals surface area contributed by atoms with Crippen LogP contribution >= 0.6 is 0 Å². The zero-order chi connectivity index (χ0) is 33.4. The third kappa shape index (κ3) is 23.6. The van der Waals surface area contributed by atoms with Crippen molar-refractivity contribution < 1.29 is 24.6 Å². The van der Waals surface area contributed by atoms with Gasteiger partial charge in [-0.25, -0.2) is 0 Å². The average molecular weight is 639 g/mol. The molecule has 0 heterocycles. The van der Waals surface area contributed by atoms with Crippen molar-refractivity contribution in [1.82, 2.24) is 4.90 Å². The monoisotopic (exact) mass is 639 g/mol. The Kier molecular flexibility index (Phi) is 31.7. The molecule has 0 radical (unpaired) electrons. The van der Waals surface area contributed by atoms with E-state index < -0.39 is 31.2 Å². The Bertz CT molecular complexity index is 652. The number of aliphatic hydroxyl groups is 2. The van der Waals surface area contributed by atoms with Crippen LogP contribution < -0.4 is 5.73 Å². The molecule has 7 nitrogen and oxygen atoms in total. The van der Waals surface area contributed by atoms with Gasteiger partial charge >= 0.3 is 0 Å². The lowest BCUT2D eigenvalue weighted by Gasteiger charge is -2.35. The predicted molar refractivity (Wildman–Crippen MR) is 188 cm³/mol. The lowest BCUT2D eigenvalue weighted by atomic mass is 9.98. The number of Topliss-reactive ketones (excluding diaryl/α,β-unsaturated/α-hetero) is 2. The van der Waals surface area contributed by atoms with E-state index in [1.165, 1.54) is 116 Å². The third-order valence-corrected chi connectivity index (χ3v) is 9.28.